The molecule has 0 bridgehead atoms. The van der Waals surface area contributed by atoms with Gasteiger partial charge in [-0.05, 0) is 42.5 Å². The van der Waals surface area contributed by atoms with E-state index >= 15 is 0 Å². The molecule has 0 N–H and O–H groups in total. The van der Waals surface area contributed by atoms with Gasteiger partial charge in [0, 0.05) is 6.21 Å². The smallest absolute Gasteiger partial charge is 0.144 e. The second kappa shape index (κ2) is 14.0. The van der Waals surface area contributed by atoms with Gasteiger partial charge < -0.3 is 4.74 Å². The third kappa shape index (κ3) is 8.73. The molecule has 0 radical (unpaired) electrons. The molecule has 2 rings (SSSR count). The lowest BCUT2D eigenvalue weighted by atomic mass is 10.0. The predicted molar refractivity (Wildman–Crippen MR) is 122 cm³/mol. The van der Waals surface area contributed by atoms with Crippen LogP contribution in [-0.4, -0.2) is 12.8 Å². The van der Waals surface area contributed by atoms with Gasteiger partial charge in [-0.2, -0.15) is 0 Å². The van der Waals surface area contributed by atoms with Gasteiger partial charge in [0.2, 0.25) is 0 Å². The summed E-state index contributed by atoms with van der Waals surface area (Å²) in [7, 11) is 0. The number of rotatable bonds is 14. The number of aryl methyl sites for hydroxylation is 1. The average molecular weight is 380 g/mol. The predicted octanol–water partition coefficient (Wildman–Crippen LogP) is 7.91. The van der Waals surface area contributed by atoms with Gasteiger partial charge in [-0.25, -0.2) is 0 Å². The third-order valence-electron chi connectivity index (χ3n) is 5.02. The molecule has 0 fully saturated rings. The zero-order chi connectivity index (χ0) is 19.9. The van der Waals surface area contributed by atoms with Crippen molar-refractivity contribution in [2.75, 3.05) is 6.61 Å². The van der Waals surface area contributed by atoms with E-state index in [9.17, 15) is 0 Å². The Morgan fingerprint density at radius 3 is 2.18 bits per heavy atom. The first-order chi connectivity index (χ1) is 13.8. The van der Waals surface area contributed by atoms with E-state index in [1.165, 1.54) is 56.9 Å². The summed E-state index contributed by atoms with van der Waals surface area (Å²) in [5.41, 5.74) is 3.45. The summed E-state index contributed by atoms with van der Waals surface area (Å²) in [5, 5.41) is 0. The minimum atomic E-state index is 0.746. The normalized spacial score (nSPS) is 11.2. The molecule has 28 heavy (non-hydrogen) atoms. The van der Waals surface area contributed by atoms with Crippen molar-refractivity contribution < 1.29 is 4.74 Å². The Hall–Kier alpha value is -2.09. The van der Waals surface area contributed by atoms with Crippen molar-refractivity contribution in [3.63, 3.8) is 0 Å². The van der Waals surface area contributed by atoms with E-state index in [1.54, 1.807) is 0 Å². The van der Waals surface area contributed by atoms with Gasteiger partial charge in [-0.3, -0.25) is 4.99 Å². The minimum Gasteiger partial charge on any atom is -0.491 e. The summed E-state index contributed by atoms with van der Waals surface area (Å²) in [6, 6.07) is 16.8. The quantitative estimate of drug-likeness (QED) is 0.241. The number of benzene rings is 2. The molecule has 0 saturated heterocycles. The molecule has 0 aliphatic carbocycles. The van der Waals surface area contributed by atoms with Crippen LogP contribution in [0.5, 0.6) is 5.75 Å². The van der Waals surface area contributed by atoms with E-state index < -0.39 is 0 Å². The first-order valence-electron chi connectivity index (χ1n) is 11.2. The summed E-state index contributed by atoms with van der Waals surface area (Å²) >= 11 is 0. The Labute approximate surface area is 172 Å². The van der Waals surface area contributed by atoms with Crippen LogP contribution in [-0.2, 0) is 6.42 Å². The minimum absolute atomic E-state index is 0.746. The highest BCUT2D eigenvalue weighted by Crippen LogP contribution is 2.27. The lowest BCUT2D eigenvalue weighted by Crippen LogP contribution is -1.96. The number of unbranched alkanes of at least 4 members (excludes halogenated alkanes) is 7. The fourth-order valence-corrected chi connectivity index (χ4v) is 3.21. The monoisotopic (exact) mass is 379 g/mol. The number of ether oxygens (including phenoxy) is 1. The van der Waals surface area contributed by atoms with Crippen LogP contribution >= 0.6 is 0 Å². The molecule has 0 aliphatic heterocycles. The molecule has 0 aliphatic rings. The molecule has 0 saturated carbocycles. The van der Waals surface area contributed by atoms with E-state index in [1.807, 2.05) is 30.5 Å². The standard InChI is InChI=1S/C26H37NO/c1-3-5-7-8-9-10-11-14-23-17-19-24(20-18-23)22-27-25-15-12-13-16-26(25)28-21-6-4-2/h12-13,15-20,22H,3-11,14,21H2,1-2H3. The van der Waals surface area contributed by atoms with Gasteiger partial charge in [0.05, 0.1) is 6.61 Å². The highest BCUT2D eigenvalue weighted by Gasteiger charge is 2.01. The molecule has 152 valence electrons. The Bertz CT molecular complexity index is 675. The molecule has 0 amide bonds. The first kappa shape index (κ1) is 22.2. The number of nitrogens with zero attached hydrogens (tertiary/aromatic N) is 1. The lowest BCUT2D eigenvalue weighted by molar-refractivity contribution is 0.310. The summed E-state index contributed by atoms with van der Waals surface area (Å²) in [6.07, 6.45) is 14.8. The van der Waals surface area contributed by atoms with Gasteiger partial charge in [0.25, 0.3) is 0 Å². The molecular weight excluding hydrogens is 342 g/mol. The summed E-state index contributed by atoms with van der Waals surface area (Å²) in [6.45, 7) is 5.19. The van der Waals surface area contributed by atoms with E-state index in [-0.39, 0.29) is 0 Å². The highest BCUT2D eigenvalue weighted by molar-refractivity contribution is 5.82. The molecule has 0 unspecified atom stereocenters. The van der Waals surface area contributed by atoms with Gasteiger partial charge >= 0.3 is 0 Å². The van der Waals surface area contributed by atoms with E-state index in [2.05, 4.69) is 43.1 Å². The molecule has 0 heterocycles. The van der Waals surface area contributed by atoms with Crippen molar-refractivity contribution in [1.29, 1.82) is 0 Å². The summed E-state index contributed by atoms with van der Waals surface area (Å²) < 4.78 is 5.86. The SMILES string of the molecule is CCCCCCCCCc1ccc(C=Nc2ccccc2OCCCC)cc1. The van der Waals surface area contributed by atoms with Crippen molar-refractivity contribution in [2.45, 2.75) is 78.1 Å². The Balaban J connectivity index is 1.79. The molecule has 0 atom stereocenters. The molecule has 2 heteroatoms. The van der Waals surface area contributed by atoms with E-state index in [4.69, 9.17) is 4.74 Å². The third-order valence-corrected chi connectivity index (χ3v) is 5.02. The lowest BCUT2D eigenvalue weighted by Gasteiger charge is -2.07. The van der Waals surface area contributed by atoms with Gasteiger partial charge in [0.1, 0.15) is 11.4 Å². The van der Waals surface area contributed by atoms with Crippen LogP contribution in [0.15, 0.2) is 53.5 Å². The number of aliphatic imine (C=N–C) groups is 1. The first-order valence-corrected chi connectivity index (χ1v) is 11.2. The zero-order valence-corrected chi connectivity index (χ0v) is 17.8. The fourth-order valence-electron chi connectivity index (χ4n) is 3.21. The topological polar surface area (TPSA) is 21.6 Å². The van der Waals surface area contributed by atoms with Crippen molar-refractivity contribution >= 4 is 11.9 Å². The van der Waals surface area contributed by atoms with Crippen LogP contribution in [0.4, 0.5) is 5.69 Å². The fraction of sp³-hybridized carbons (Fsp3) is 0.500. The van der Waals surface area contributed by atoms with Gasteiger partial charge in [-0.15, -0.1) is 0 Å². The molecule has 2 aromatic rings. The molecule has 2 nitrogen and oxygen atoms in total. The van der Waals surface area contributed by atoms with Crippen LogP contribution in [0.3, 0.4) is 0 Å². The van der Waals surface area contributed by atoms with Crippen LogP contribution in [0.1, 0.15) is 82.8 Å². The largest absolute Gasteiger partial charge is 0.491 e. The molecule has 0 spiro atoms. The summed E-state index contributed by atoms with van der Waals surface area (Å²) in [4.78, 5) is 4.65. The van der Waals surface area contributed by atoms with Crippen LogP contribution in [0.25, 0.3) is 0 Å². The van der Waals surface area contributed by atoms with Crippen LogP contribution in [0.2, 0.25) is 0 Å². The van der Waals surface area contributed by atoms with Crippen LogP contribution in [0, 0.1) is 0 Å². The Morgan fingerprint density at radius 2 is 1.43 bits per heavy atom. The maximum Gasteiger partial charge on any atom is 0.144 e. The number of hydrogen-bond donors (Lipinski definition) is 0. The van der Waals surface area contributed by atoms with Crippen molar-refractivity contribution in [1.82, 2.24) is 0 Å². The van der Waals surface area contributed by atoms with E-state index in [0.29, 0.717) is 0 Å². The highest BCUT2D eigenvalue weighted by atomic mass is 16.5. The maximum absolute atomic E-state index is 5.86. The van der Waals surface area contributed by atoms with Gasteiger partial charge in [0.15, 0.2) is 0 Å². The average Bonchev–Trinajstić information content (AvgIpc) is 2.73. The van der Waals surface area contributed by atoms with Crippen molar-refractivity contribution in [3.8, 4) is 5.75 Å². The summed E-state index contributed by atoms with van der Waals surface area (Å²) in [5.74, 6) is 0.864. The van der Waals surface area contributed by atoms with E-state index in [0.717, 1.165) is 36.4 Å². The maximum atomic E-state index is 5.86. The molecular formula is C26H37NO. The van der Waals surface area contributed by atoms with Crippen molar-refractivity contribution in [2.24, 2.45) is 4.99 Å². The molecule has 2 aromatic carbocycles. The van der Waals surface area contributed by atoms with Crippen molar-refractivity contribution in [3.05, 3.63) is 59.7 Å². The Morgan fingerprint density at radius 1 is 0.750 bits per heavy atom. The zero-order valence-electron chi connectivity index (χ0n) is 17.8. The Kier molecular flexibility index (Phi) is 11.1. The molecule has 0 aromatic heterocycles. The second-order valence-corrected chi connectivity index (χ2v) is 7.54. The van der Waals surface area contributed by atoms with Gasteiger partial charge in [-0.1, -0.05) is 95.2 Å². The number of para-hydroxylation sites is 2. The van der Waals surface area contributed by atoms with Crippen LogP contribution < -0.4 is 4.74 Å². The number of hydrogen-bond acceptors (Lipinski definition) is 2. The second-order valence-electron chi connectivity index (χ2n) is 7.54.